The molecule has 342 valence electrons. The zero-order valence-electron chi connectivity index (χ0n) is 41.5. The largest absolute Gasteiger partial charge is 0.309 e. The molecule has 69 heavy (non-hydrogen) atoms. The molecule has 12 rings (SSSR count). The summed E-state index contributed by atoms with van der Waals surface area (Å²) in [5.41, 5.74) is 20.0. The average molecular weight is 896 g/mol. The van der Waals surface area contributed by atoms with Crippen molar-refractivity contribution in [2.24, 2.45) is 0 Å². The third-order valence-electron chi connectivity index (χ3n) is 13.2. The summed E-state index contributed by atoms with van der Waals surface area (Å²) in [5, 5.41) is 2.52. The van der Waals surface area contributed by atoms with Gasteiger partial charge in [-0.3, -0.25) is 0 Å². The molecule has 0 saturated heterocycles. The van der Waals surface area contributed by atoms with Crippen LogP contribution in [-0.4, -0.2) is 4.57 Å². The number of aryl methyl sites for hydroxylation is 2. The molecule has 1 nitrogen and oxygen atoms in total. The van der Waals surface area contributed by atoms with Crippen molar-refractivity contribution < 1.29 is 0 Å². The summed E-state index contributed by atoms with van der Waals surface area (Å²) in [5.74, 6) is 0. The molecule has 9 aromatic carbocycles. The van der Waals surface area contributed by atoms with Gasteiger partial charge in [-0.15, -0.1) is 0 Å². The summed E-state index contributed by atoms with van der Waals surface area (Å²) in [6.45, 7) is 14.4. The fourth-order valence-corrected chi connectivity index (χ4v) is 10.0. The van der Waals surface area contributed by atoms with Crippen LogP contribution in [0.3, 0.4) is 0 Å². The molecule has 1 heteroatoms. The van der Waals surface area contributed by atoms with E-state index in [1.54, 1.807) is 0 Å². The molecule has 0 atom stereocenters. The minimum atomic E-state index is -0.407. The number of rotatable bonds is 5. The molecule has 2 aliphatic rings. The van der Waals surface area contributed by atoms with E-state index in [0.717, 1.165) is 0 Å². The number of hydrogen-bond donors (Lipinski definition) is 0. The van der Waals surface area contributed by atoms with Gasteiger partial charge in [0.25, 0.3) is 0 Å². The van der Waals surface area contributed by atoms with Gasteiger partial charge in [0, 0.05) is 16.5 Å². The predicted molar refractivity (Wildman–Crippen MR) is 300 cm³/mol. The first-order chi connectivity index (χ1) is 34.0. The monoisotopic (exact) mass is 896 g/mol. The van der Waals surface area contributed by atoms with Crippen molar-refractivity contribution in [1.29, 1.82) is 0 Å². The minimum absolute atomic E-state index is 0.407. The maximum atomic E-state index is 2.45. The second kappa shape index (κ2) is 22.4. The molecule has 0 N–H and O–H groups in total. The van der Waals surface area contributed by atoms with Crippen LogP contribution in [0.15, 0.2) is 248 Å². The van der Waals surface area contributed by atoms with Gasteiger partial charge in [0.15, 0.2) is 0 Å². The van der Waals surface area contributed by atoms with E-state index in [9.17, 15) is 0 Å². The van der Waals surface area contributed by atoms with Gasteiger partial charge < -0.3 is 4.57 Å². The smallest absolute Gasteiger partial charge is 0.0713 e. The quantitative estimate of drug-likeness (QED) is 0.162. The highest BCUT2D eigenvalue weighted by Crippen LogP contribution is 2.56. The number of hydrogen-bond acceptors (Lipinski definition) is 0. The first-order valence-electron chi connectivity index (χ1n) is 24.9. The summed E-state index contributed by atoms with van der Waals surface area (Å²) in [6, 6.07) is 81.8. The molecule has 0 unspecified atom stereocenters. The van der Waals surface area contributed by atoms with Gasteiger partial charge in [-0.25, -0.2) is 0 Å². The lowest BCUT2D eigenvalue weighted by atomic mass is 9.68. The lowest BCUT2D eigenvalue weighted by Crippen LogP contribution is -2.28. The Bertz CT molecular complexity index is 3290. The van der Waals surface area contributed by atoms with Crippen molar-refractivity contribution >= 4 is 21.8 Å². The SMILES string of the molecule is CC.CC.CC1=CC=CCC1.Cc1ccccc1.Cc1ccccc1-c1cccc(-c2ccc3c(c2)c2ccccc2n3-c2ccc3c(c2)-c2ccccc2C3(c2ccccc2)c2ccccc2)c1. The van der Waals surface area contributed by atoms with Crippen LogP contribution in [0.25, 0.3) is 60.9 Å². The number of benzene rings is 9. The van der Waals surface area contributed by atoms with E-state index in [4.69, 9.17) is 0 Å². The maximum absolute atomic E-state index is 2.45. The van der Waals surface area contributed by atoms with Crippen LogP contribution in [0.5, 0.6) is 0 Å². The van der Waals surface area contributed by atoms with Crippen molar-refractivity contribution in [2.75, 3.05) is 0 Å². The van der Waals surface area contributed by atoms with E-state index in [2.05, 4.69) is 250 Å². The molecule has 0 fully saturated rings. The highest BCUT2D eigenvalue weighted by atomic mass is 15.0. The molecule has 0 saturated carbocycles. The molecule has 1 heterocycles. The van der Waals surface area contributed by atoms with Crippen LogP contribution >= 0.6 is 0 Å². The van der Waals surface area contributed by atoms with E-state index < -0.39 is 5.41 Å². The third kappa shape index (κ3) is 9.69. The van der Waals surface area contributed by atoms with Crippen molar-refractivity contribution in [1.82, 2.24) is 4.57 Å². The average Bonchev–Trinajstić information content (AvgIpc) is 3.91. The van der Waals surface area contributed by atoms with Crippen LogP contribution < -0.4 is 0 Å². The van der Waals surface area contributed by atoms with Crippen LogP contribution in [0.4, 0.5) is 0 Å². The van der Waals surface area contributed by atoms with Gasteiger partial charge in [-0.1, -0.05) is 245 Å². The highest BCUT2D eigenvalue weighted by Gasteiger charge is 2.46. The van der Waals surface area contributed by atoms with E-state index in [1.165, 1.54) is 113 Å². The van der Waals surface area contributed by atoms with Gasteiger partial charge >= 0.3 is 0 Å². The van der Waals surface area contributed by atoms with Crippen molar-refractivity contribution in [3.8, 4) is 39.1 Å². The van der Waals surface area contributed by atoms with Gasteiger partial charge in [0.1, 0.15) is 0 Å². The number of fused-ring (bicyclic) bond motifs is 6. The molecule has 10 aromatic rings. The van der Waals surface area contributed by atoms with E-state index in [0.29, 0.717) is 0 Å². The van der Waals surface area contributed by atoms with E-state index in [-0.39, 0.29) is 0 Å². The summed E-state index contributed by atoms with van der Waals surface area (Å²) in [4.78, 5) is 0. The van der Waals surface area contributed by atoms with Gasteiger partial charge in [-0.2, -0.15) is 0 Å². The van der Waals surface area contributed by atoms with Crippen molar-refractivity contribution in [3.63, 3.8) is 0 Å². The lowest BCUT2D eigenvalue weighted by Gasteiger charge is -2.33. The summed E-state index contributed by atoms with van der Waals surface area (Å²) in [6.07, 6.45) is 8.99. The van der Waals surface area contributed by atoms with E-state index >= 15 is 0 Å². The van der Waals surface area contributed by atoms with E-state index in [1.807, 2.05) is 45.9 Å². The Morgan fingerprint density at radius 1 is 0.406 bits per heavy atom. The summed E-state index contributed by atoms with van der Waals surface area (Å²) >= 11 is 0. The minimum Gasteiger partial charge on any atom is -0.309 e. The number of para-hydroxylation sites is 1. The zero-order chi connectivity index (χ0) is 48.2. The maximum Gasteiger partial charge on any atom is 0.0713 e. The Balaban J connectivity index is 0.000000303. The molecule has 0 amide bonds. The topological polar surface area (TPSA) is 4.93 Å². The van der Waals surface area contributed by atoms with Crippen molar-refractivity contribution in [2.45, 2.75) is 66.7 Å². The first kappa shape index (κ1) is 47.7. The van der Waals surface area contributed by atoms with Crippen LogP contribution in [0.1, 0.15) is 80.8 Å². The second-order valence-corrected chi connectivity index (χ2v) is 17.4. The van der Waals surface area contributed by atoms with Crippen LogP contribution in [0, 0.1) is 13.8 Å². The first-order valence-corrected chi connectivity index (χ1v) is 24.9. The van der Waals surface area contributed by atoms with Gasteiger partial charge in [0.2, 0.25) is 0 Å². The fraction of sp³-hybridized carbons (Fsp3) is 0.147. The predicted octanol–water partition coefficient (Wildman–Crippen LogP) is 19.1. The Kier molecular flexibility index (Phi) is 15.5. The molecular weight excluding hydrogens is 831 g/mol. The molecule has 1 aromatic heterocycles. The molecule has 0 spiro atoms. The van der Waals surface area contributed by atoms with Crippen molar-refractivity contribution in [3.05, 3.63) is 282 Å². The van der Waals surface area contributed by atoms with Gasteiger partial charge in [-0.05, 0) is 131 Å². The molecule has 0 bridgehead atoms. The number of allylic oxidation sites excluding steroid dienone is 4. The summed E-state index contributed by atoms with van der Waals surface area (Å²) < 4.78 is 2.45. The zero-order valence-corrected chi connectivity index (χ0v) is 41.5. The Labute approximate surface area is 411 Å². The van der Waals surface area contributed by atoms with Crippen LogP contribution in [-0.2, 0) is 5.41 Å². The highest BCUT2D eigenvalue weighted by molar-refractivity contribution is 6.10. The number of nitrogens with zero attached hydrogens (tertiary/aromatic N) is 1. The molecule has 0 radical (unpaired) electrons. The van der Waals surface area contributed by atoms with Gasteiger partial charge in [0.05, 0.1) is 16.4 Å². The fourth-order valence-electron chi connectivity index (χ4n) is 10.0. The second-order valence-electron chi connectivity index (χ2n) is 17.4. The third-order valence-corrected chi connectivity index (χ3v) is 13.2. The standard InChI is InChI=1S/C50H35N.C7H10.C7H8.2C2H6/c1-34-15-8-9-22-41(34)37-17-14-16-35(31-37)36-27-30-49-45(32-36)43-24-11-13-26-48(43)51(49)40-28-29-47-44(33-40)42-23-10-12-25-46(42)50(47,38-18-4-2-5-19-38)39-20-6-3-7-21-39;2*1-7-5-3-2-4-6-7;2*1-2/h2-33H,1H3;2-3,5H,4,6H2,1H3;2-6H,1H3;2*1-2H3. The number of aromatic nitrogens is 1. The van der Waals surface area contributed by atoms with Crippen LogP contribution in [0.2, 0.25) is 0 Å². The molecular formula is C68H65N. The normalized spacial score (nSPS) is 12.6. The Morgan fingerprint density at radius 3 is 1.59 bits per heavy atom. The Morgan fingerprint density at radius 2 is 0.971 bits per heavy atom. The summed E-state index contributed by atoms with van der Waals surface area (Å²) in [7, 11) is 0. The molecule has 2 aliphatic carbocycles. The lowest BCUT2D eigenvalue weighted by molar-refractivity contribution is 0.768. The Hall–Kier alpha value is -7.74. The molecule has 0 aliphatic heterocycles.